The molecule has 0 saturated carbocycles. The molecule has 7 heteroatoms. The second-order valence-electron chi connectivity index (χ2n) is 8.14. The first kappa shape index (κ1) is 22.1. The summed E-state index contributed by atoms with van der Waals surface area (Å²) in [5, 5.41) is 7.91. The first-order chi connectivity index (χ1) is 15.7. The molecule has 1 aliphatic rings. The number of nitrogens with one attached hydrogen (secondary N) is 2. The van der Waals surface area contributed by atoms with Crippen LogP contribution in [-0.4, -0.2) is 55.1 Å². The molecular formula is C25H34N6O. The van der Waals surface area contributed by atoms with E-state index in [1.165, 1.54) is 5.56 Å². The summed E-state index contributed by atoms with van der Waals surface area (Å²) in [5.41, 5.74) is 3.25. The highest BCUT2D eigenvalue weighted by molar-refractivity contribution is 5.83. The zero-order valence-corrected chi connectivity index (χ0v) is 19.4. The van der Waals surface area contributed by atoms with Crippen LogP contribution >= 0.6 is 0 Å². The Balaban J connectivity index is 1.40. The molecule has 0 bridgehead atoms. The van der Waals surface area contributed by atoms with Crippen LogP contribution in [0.4, 0.5) is 5.82 Å². The van der Waals surface area contributed by atoms with Gasteiger partial charge in [0.25, 0.3) is 0 Å². The van der Waals surface area contributed by atoms with Gasteiger partial charge in [0.15, 0.2) is 5.96 Å². The highest BCUT2D eigenvalue weighted by Gasteiger charge is 2.17. The molecule has 32 heavy (non-hydrogen) atoms. The molecule has 170 valence electrons. The number of rotatable bonds is 7. The maximum Gasteiger partial charge on any atom is 0.191 e. The molecule has 0 amide bonds. The second kappa shape index (κ2) is 10.5. The lowest BCUT2D eigenvalue weighted by molar-refractivity contribution is 0.270. The van der Waals surface area contributed by atoms with Crippen molar-refractivity contribution in [3.63, 3.8) is 0 Å². The molecule has 1 saturated heterocycles. The van der Waals surface area contributed by atoms with Gasteiger partial charge in [0, 0.05) is 49.9 Å². The van der Waals surface area contributed by atoms with E-state index in [9.17, 15) is 0 Å². The lowest BCUT2D eigenvalue weighted by atomic mass is 10.1. The fourth-order valence-electron chi connectivity index (χ4n) is 4.09. The van der Waals surface area contributed by atoms with Crippen LogP contribution in [0.2, 0.25) is 0 Å². The molecule has 0 radical (unpaired) electrons. The highest BCUT2D eigenvalue weighted by Crippen LogP contribution is 2.24. The molecule has 7 nitrogen and oxygen atoms in total. The average Bonchev–Trinajstić information content (AvgIpc) is 3.16. The second-order valence-corrected chi connectivity index (χ2v) is 8.14. The number of aryl methyl sites for hydroxylation is 1. The Morgan fingerprint density at radius 1 is 1.09 bits per heavy atom. The molecule has 2 aromatic heterocycles. The predicted octanol–water partition coefficient (Wildman–Crippen LogP) is 3.53. The monoisotopic (exact) mass is 434 g/mol. The topological polar surface area (TPSA) is 68.9 Å². The molecule has 3 heterocycles. The van der Waals surface area contributed by atoms with Crippen LogP contribution in [0.15, 0.2) is 52.0 Å². The van der Waals surface area contributed by atoms with Crippen LogP contribution in [-0.2, 0) is 13.1 Å². The number of hydrogen-bond donors (Lipinski definition) is 2. The summed E-state index contributed by atoms with van der Waals surface area (Å²) in [6.07, 6.45) is 1.89. The first-order valence-electron chi connectivity index (χ1n) is 11.6. The number of likely N-dealkylation sites (N-methyl/N-ethyl adjacent to an activating group) is 1. The van der Waals surface area contributed by atoms with Crippen molar-refractivity contribution in [3.8, 4) is 0 Å². The molecule has 3 aromatic rings. The number of hydrogen-bond acceptors (Lipinski definition) is 5. The quantitative estimate of drug-likeness (QED) is 0.438. The smallest absolute Gasteiger partial charge is 0.191 e. The molecule has 4 rings (SSSR count). The number of fused-ring (bicyclic) bond motifs is 1. The van der Waals surface area contributed by atoms with E-state index >= 15 is 0 Å². The van der Waals surface area contributed by atoms with Gasteiger partial charge in [-0.1, -0.05) is 25.1 Å². The minimum absolute atomic E-state index is 0.593. The van der Waals surface area contributed by atoms with Crippen LogP contribution in [0, 0.1) is 6.92 Å². The summed E-state index contributed by atoms with van der Waals surface area (Å²) in [5.74, 6) is 2.76. The van der Waals surface area contributed by atoms with Gasteiger partial charge in [0.1, 0.15) is 17.2 Å². The van der Waals surface area contributed by atoms with E-state index in [0.29, 0.717) is 13.1 Å². The van der Waals surface area contributed by atoms with Crippen molar-refractivity contribution in [2.24, 2.45) is 4.99 Å². The van der Waals surface area contributed by atoms with Crippen molar-refractivity contribution in [1.82, 2.24) is 20.5 Å². The zero-order valence-electron chi connectivity index (χ0n) is 19.4. The van der Waals surface area contributed by atoms with E-state index in [-0.39, 0.29) is 0 Å². The van der Waals surface area contributed by atoms with Crippen molar-refractivity contribution in [3.05, 3.63) is 59.5 Å². The Labute approximate surface area is 190 Å². The minimum Gasteiger partial charge on any atom is -0.459 e. The van der Waals surface area contributed by atoms with Crippen LogP contribution in [0.1, 0.15) is 30.7 Å². The molecule has 1 aromatic carbocycles. The van der Waals surface area contributed by atoms with Gasteiger partial charge in [-0.25, -0.2) is 9.98 Å². The van der Waals surface area contributed by atoms with E-state index in [2.05, 4.69) is 58.3 Å². The fraction of sp³-hybridized carbons (Fsp3) is 0.440. The van der Waals surface area contributed by atoms with Gasteiger partial charge in [-0.15, -0.1) is 0 Å². The van der Waals surface area contributed by atoms with Crippen LogP contribution in [0.5, 0.6) is 0 Å². The summed E-state index contributed by atoms with van der Waals surface area (Å²) in [6.45, 7) is 13.7. The van der Waals surface area contributed by atoms with Gasteiger partial charge in [0.05, 0.1) is 13.1 Å². The standard InChI is InChI=1S/C25H34N6O/c1-4-26-25(29-18-23-19(3)21-8-6-7-9-22(21)32-23)28-17-20-10-11-27-24(16-20)31-14-12-30(5-2)13-15-31/h6-11,16H,4-5,12-15,17-18H2,1-3H3,(H2,26,28,29). The van der Waals surface area contributed by atoms with Gasteiger partial charge in [0.2, 0.25) is 0 Å². The van der Waals surface area contributed by atoms with E-state index in [0.717, 1.165) is 73.3 Å². The number of para-hydroxylation sites is 1. The van der Waals surface area contributed by atoms with Crippen molar-refractivity contribution in [2.75, 3.05) is 44.2 Å². The van der Waals surface area contributed by atoms with Gasteiger partial charge < -0.3 is 24.9 Å². The van der Waals surface area contributed by atoms with Crippen LogP contribution in [0.3, 0.4) is 0 Å². The van der Waals surface area contributed by atoms with Crippen molar-refractivity contribution < 1.29 is 4.42 Å². The summed E-state index contributed by atoms with van der Waals surface area (Å²) >= 11 is 0. The SMILES string of the molecule is CCNC(=NCc1ccnc(N2CCN(CC)CC2)c1)NCc1oc2ccccc2c1C. The fourth-order valence-corrected chi connectivity index (χ4v) is 4.09. The van der Waals surface area contributed by atoms with Gasteiger partial charge >= 0.3 is 0 Å². The molecule has 1 fully saturated rings. The van der Waals surface area contributed by atoms with Crippen molar-refractivity contribution in [2.45, 2.75) is 33.9 Å². The number of pyridine rings is 1. The molecule has 0 spiro atoms. The van der Waals surface area contributed by atoms with Crippen LogP contribution in [0.25, 0.3) is 11.0 Å². The van der Waals surface area contributed by atoms with Gasteiger partial charge in [-0.3, -0.25) is 0 Å². The number of anilines is 1. The average molecular weight is 435 g/mol. The maximum atomic E-state index is 6.03. The Morgan fingerprint density at radius 2 is 1.91 bits per heavy atom. The van der Waals surface area contributed by atoms with Crippen molar-refractivity contribution in [1.29, 1.82) is 0 Å². The third-order valence-electron chi connectivity index (χ3n) is 6.08. The minimum atomic E-state index is 0.593. The number of aromatic nitrogens is 1. The molecular weight excluding hydrogens is 400 g/mol. The third kappa shape index (κ3) is 5.22. The first-order valence-corrected chi connectivity index (χ1v) is 11.6. The Kier molecular flexibility index (Phi) is 7.27. The van der Waals surface area contributed by atoms with Crippen LogP contribution < -0.4 is 15.5 Å². The third-order valence-corrected chi connectivity index (χ3v) is 6.08. The lowest BCUT2D eigenvalue weighted by Crippen LogP contribution is -2.46. The van der Waals surface area contributed by atoms with E-state index < -0.39 is 0 Å². The molecule has 1 aliphatic heterocycles. The summed E-state index contributed by atoms with van der Waals surface area (Å²) in [6, 6.07) is 12.4. The summed E-state index contributed by atoms with van der Waals surface area (Å²) < 4.78 is 6.03. The number of benzene rings is 1. The Bertz CT molecular complexity index is 1050. The molecule has 0 unspecified atom stereocenters. The number of furan rings is 1. The normalized spacial score (nSPS) is 15.3. The summed E-state index contributed by atoms with van der Waals surface area (Å²) in [7, 11) is 0. The summed E-state index contributed by atoms with van der Waals surface area (Å²) in [4.78, 5) is 14.2. The molecule has 0 atom stereocenters. The van der Waals surface area contributed by atoms with E-state index in [4.69, 9.17) is 9.41 Å². The Hall–Kier alpha value is -3.06. The van der Waals surface area contributed by atoms with E-state index in [1.807, 2.05) is 30.5 Å². The van der Waals surface area contributed by atoms with Gasteiger partial charge in [-0.05, 0) is 44.2 Å². The number of nitrogens with zero attached hydrogens (tertiary/aromatic N) is 4. The number of aliphatic imine (C=N–C) groups is 1. The Morgan fingerprint density at radius 3 is 2.66 bits per heavy atom. The largest absolute Gasteiger partial charge is 0.459 e. The zero-order chi connectivity index (χ0) is 22.3. The predicted molar refractivity (Wildman–Crippen MR) is 131 cm³/mol. The maximum absolute atomic E-state index is 6.03. The molecule has 2 N–H and O–H groups in total. The molecule has 0 aliphatic carbocycles. The van der Waals surface area contributed by atoms with E-state index in [1.54, 1.807) is 0 Å². The van der Waals surface area contributed by atoms with Gasteiger partial charge in [-0.2, -0.15) is 0 Å². The number of piperazine rings is 1. The van der Waals surface area contributed by atoms with Crippen molar-refractivity contribution >= 4 is 22.7 Å². The number of guanidine groups is 1. The highest BCUT2D eigenvalue weighted by atomic mass is 16.3. The lowest BCUT2D eigenvalue weighted by Gasteiger charge is -2.34.